The van der Waals surface area contributed by atoms with Crippen molar-refractivity contribution >= 4 is 56.6 Å². The minimum atomic E-state index is -2.74. The first-order valence-electron chi connectivity index (χ1n) is 17.0. The van der Waals surface area contributed by atoms with Crippen LogP contribution in [-0.4, -0.2) is 62.6 Å². The lowest BCUT2D eigenvalue weighted by molar-refractivity contribution is -0.156. The molecule has 1 amide bonds. The summed E-state index contributed by atoms with van der Waals surface area (Å²) in [5.41, 5.74) is 1.14. The van der Waals surface area contributed by atoms with Crippen LogP contribution in [-0.2, 0) is 29.8 Å². The van der Waals surface area contributed by atoms with Gasteiger partial charge in [0.05, 0.1) is 29.1 Å². The molecule has 3 aromatic carbocycles. The van der Waals surface area contributed by atoms with Crippen molar-refractivity contribution < 1.29 is 33.1 Å². The number of rotatable bonds is 12. The van der Waals surface area contributed by atoms with E-state index in [0.717, 1.165) is 5.56 Å². The largest absolute Gasteiger partial charge is 0.477 e. The van der Waals surface area contributed by atoms with E-state index in [1.807, 2.05) is 31.2 Å². The number of carboxylic acid groups (broad SMARTS) is 1. The average molecular weight is 732 g/mol. The maximum atomic E-state index is 13.2. The highest BCUT2D eigenvalue weighted by atomic mass is 32.2. The maximum Gasteiger partial charge on any atom is 0.353 e. The molecule has 1 fully saturated rings. The van der Waals surface area contributed by atoms with Crippen molar-refractivity contribution in [2.45, 2.75) is 89.7 Å². The SMILES string of the molecule is C[C@@H](O[Si](C)(C)C(C)(C)C)[C@H]1C(=O)N2C(C(=O)O)=C(COC(=O)c3ccc(CO[Si](c4ccccc4)(c4ccccc4)C(C)(C)C)cc3)S[C@H]12. The van der Waals surface area contributed by atoms with Crippen molar-refractivity contribution in [3.05, 3.63) is 107 Å². The molecule has 5 rings (SSSR count). The molecule has 0 aliphatic carbocycles. The van der Waals surface area contributed by atoms with Crippen LogP contribution in [0.2, 0.25) is 23.2 Å². The number of esters is 1. The molecule has 11 heteroatoms. The predicted octanol–water partition coefficient (Wildman–Crippen LogP) is 7.16. The minimum Gasteiger partial charge on any atom is -0.477 e. The standard InChI is InChI=1S/C39H49NO7SSi2/c1-26(47-49(8,9)38(2,3)4)32-34(41)40-33(36(42)43)31(48-35(32)40)25-45-37(44)28-22-20-27(21-23-28)24-46-50(39(5,6)7,29-16-12-10-13-17-29)30-18-14-11-15-19-30/h10-23,26,32,35H,24-25H2,1-9H3,(H,42,43)/t26-,32+,35-/m1/s1. The third-order valence-electron chi connectivity index (χ3n) is 10.2. The Morgan fingerprint density at radius 2 is 1.38 bits per heavy atom. The molecule has 3 aromatic rings. The molecule has 8 nitrogen and oxygen atoms in total. The summed E-state index contributed by atoms with van der Waals surface area (Å²) in [5, 5.41) is 11.8. The van der Waals surface area contributed by atoms with E-state index in [1.54, 1.807) is 12.1 Å². The normalized spacial score (nSPS) is 18.8. The molecule has 0 saturated carbocycles. The van der Waals surface area contributed by atoms with Crippen molar-refractivity contribution in [3.8, 4) is 0 Å². The molecule has 266 valence electrons. The van der Waals surface area contributed by atoms with Crippen molar-refractivity contribution in [2.24, 2.45) is 5.92 Å². The van der Waals surface area contributed by atoms with Gasteiger partial charge in [-0.2, -0.15) is 0 Å². The fourth-order valence-electron chi connectivity index (χ4n) is 6.56. The Labute approximate surface area is 302 Å². The van der Waals surface area contributed by atoms with Crippen molar-refractivity contribution in [2.75, 3.05) is 6.61 Å². The van der Waals surface area contributed by atoms with E-state index in [0.29, 0.717) is 17.1 Å². The summed E-state index contributed by atoms with van der Waals surface area (Å²) in [7, 11) is -4.89. The molecule has 3 atom stereocenters. The first-order chi connectivity index (χ1) is 23.4. The zero-order valence-corrected chi connectivity index (χ0v) is 33.3. The van der Waals surface area contributed by atoms with E-state index in [-0.39, 0.29) is 34.4 Å². The fourth-order valence-corrected chi connectivity index (χ4v) is 14.0. The highest BCUT2D eigenvalue weighted by Gasteiger charge is 2.59. The molecule has 0 aromatic heterocycles. The number of carboxylic acids is 1. The molecule has 0 unspecified atom stereocenters. The molecular weight excluding hydrogens is 683 g/mol. The van der Waals surface area contributed by atoms with Crippen LogP contribution >= 0.6 is 11.8 Å². The zero-order chi connectivity index (χ0) is 36.6. The molecule has 2 aliphatic rings. The molecule has 2 aliphatic heterocycles. The van der Waals surface area contributed by atoms with Gasteiger partial charge in [0.2, 0.25) is 5.91 Å². The lowest BCUT2D eigenvalue weighted by Crippen LogP contribution is -2.66. The topological polar surface area (TPSA) is 102 Å². The number of carbonyl (C=O) groups is 3. The van der Waals surface area contributed by atoms with Gasteiger partial charge in [0.1, 0.15) is 17.7 Å². The summed E-state index contributed by atoms with van der Waals surface area (Å²) in [6.45, 7) is 19.4. The number of aliphatic carboxylic acids is 1. The number of β-lactam (4-membered cyclic amide) rings is 1. The Morgan fingerprint density at radius 1 is 0.840 bits per heavy atom. The van der Waals surface area contributed by atoms with Crippen LogP contribution in [0.3, 0.4) is 0 Å². The van der Waals surface area contributed by atoms with Gasteiger partial charge in [-0.15, -0.1) is 0 Å². The number of fused-ring (bicyclic) bond motifs is 1. The van der Waals surface area contributed by atoms with E-state index in [9.17, 15) is 19.5 Å². The molecule has 0 bridgehead atoms. The van der Waals surface area contributed by atoms with E-state index >= 15 is 0 Å². The number of hydrogen-bond acceptors (Lipinski definition) is 7. The van der Waals surface area contributed by atoms with Crippen molar-refractivity contribution in [1.82, 2.24) is 4.90 Å². The van der Waals surface area contributed by atoms with E-state index in [2.05, 4.69) is 103 Å². The Morgan fingerprint density at radius 3 is 1.86 bits per heavy atom. The van der Waals surface area contributed by atoms with Gasteiger partial charge in [-0.1, -0.05) is 126 Å². The van der Waals surface area contributed by atoms with Crippen LogP contribution in [0, 0.1) is 5.92 Å². The number of hydrogen-bond donors (Lipinski definition) is 1. The van der Waals surface area contributed by atoms with Gasteiger partial charge >= 0.3 is 11.9 Å². The Balaban J connectivity index is 1.26. The van der Waals surface area contributed by atoms with Gasteiger partial charge in [-0.3, -0.25) is 9.69 Å². The maximum absolute atomic E-state index is 13.2. The Kier molecular flexibility index (Phi) is 10.8. The van der Waals surface area contributed by atoms with Crippen LogP contribution in [0.5, 0.6) is 0 Å². The summed E-state index contributed by atoms with van der Waals surface area (Å²) in [6, 6.07) is 28.0. The number of ether oxygens (including phenoxy) is 1. The zero-order valence-electron chi connectivity index (χ0n) is 30.5. The number of amides is 1. The highest BCUT2D eigenvalue weighted by Crippen LogP contribution is 2.51. The molecule has 50 heavy (non-hydrogen) atoms. The fraction of sp³-hybridized carbons (Fsp3) is 0.410. The van der Waals surface area contributed by atoms with Crippen LogP contribution in [0.25, 0.3) is 0 Å². The predicted molar refractivity (Wildman–Crippen MR) is 203 cm³/mol. The molecule has 1 N–H and O–H groups in total. The van der Waals surface area contributed by atoms with Crippen molar-refractivity contribution in [3.63, 3.8) is 0 Å². The van der Waals surface area contributed by atoms with E-state index in [1.165, 1.54) is 27.0 Å². The smallest absolute Gasteiger partial charge is 0.353 e. The average Bonchev–Trinajstić information content (AvgIpc) is 3.38. The van der Waals surface area contributed by atoms with E-state index < -0.39 is 39.9 Å². The summed E-state index contributed by atoms with van der Waals surface area (Å²) in [6.07, 6.45) is -0.367. The van der Waals surface area contributed by atoms with Crippen LogP contribution in [0.4, 0.5) is 0 Å². The summed E-state index contributed by atoms with van der Waals surface area (Å²) >= 11 is 1.27. The van der Waals surface area contributed by atoms with Gasteiger partial charge in [-0.05, 0) is 58.2 Å². The monoisotopic (exact) mass is 731 g/mol. The number of nitrogens with zero attached hydrogens (tertiary/aromatic N) is 1. The van der Waals surface area contributed by atoms with Crippen molar-refractivity contribution in [1.29, 1.82) is 0 Å². The quantitative estimate of drug-likeness (QED) is 0.119. The Bertz CT molecular complexity index is 1710. The second-order valence-corrected chi connectivity index (χ2v) is 25.9. The third kappa shape index (κ3) is 7.16. The molecule has 0 radical (unpaired) electrons. The number of thioether (sulfide) groups is 1. The second-order valence-electron chi connectivity index (χ2n) is 15.6. The first-order valence-corrected chi connectivity index (χ1v) is 22.7. The van der Waals surface area contributed by atoms with Gasteiger partial charge in [0.25, 0.3) is 8.32 Å². The van der Waals surface area contributed by atoms with Crippen LogP contribution < -0.4 is 10.4 Å². The molecule has 2 heterocycles. The number of benzene rings is 3. The Hall–Kier alpha value is -3.49. The van der Waals surface area contributed by atoms with Gasteiger partial charge in [0.15, 0.2) is 8.32 Å². The minimum absolute atomic E-state index is 0.0330. The molecule has 0 spiro atoms. The van der Waals surface area contributed by atoms with Gasteiger partial charge in [0, 0.05) is 0 Å². The lowest BCUT2D eigenvalue weighted by Gasteiger charge is -2.48. The van der Waals surface area contributed by atoms with Gasteiger partial charge in [-0.25, -0.2) is 9.59 Å². The third-order valence-corrected chi connectivity index (χ3v) is 21.1. The van der Waals surface area contributed by atoms with E-state index in [4.69, 9.17) is 13.6 Å². The molecule has 1 saturated heterocycles. The summed E-state index contributed by atoms with van der Waals surface area (Å²) < 4.78 is 19.1. The number of carbonyl (C=O) groups excluding carboxylic acids is 2. The van der Waals surface area contributed by atoms with Crippen LogP contribution in [0.1, 0.15) is 64.4 Å². The first kappa shape index (κ1) is 37.8. The second kappa shape index (κ2) is 14.3. The summed E-state index contributed by atoms with van der Waals surface area (Å²) in [4.78, 5) is 40.3. The van der Waals surface area contributed by atoms with Crippen LogP contribution in [0.15, 0.2) is 95.5 Å². The molecular formula is C39H49NO7SSi2. The highest BCUT2D eigenvalue weighted by molar-refractivity contribution is 8.04. The van der Waals surface area contributed by atoms with Gasteiger partial charge < -0.3 is 18.7 Å². The lowest BCUT2D eigenvalue weighted by atomic mass is 9.92. The summed E-state index contributed by atoms with van der Waals surface area (Å²) in [5.74, 6) is -2.55.